The van der Waals surface area contributed by atoms with E-state index in [2.05, 4.69) is 50.1 Å². The molecule has 144 valence electrons. The van der Waals surface area contributed by atoms with Crippen LogP contribution in [-0.4, -0.2) is 34.2 Å². The number of piperidine rings is 1. The molecule has 0 radical (unpaired) electrons. The van der Waals surface area contributed by atoms with Crippen molar-refractivity contribution in [1.29, 1.82) is 0 Å². The average Bonchev–Trinajstić information content (AvgIpc) is 3.28. The van der Waals surface area contributed by atoms with E-state index in [0.29, 0.717) is 23.2 Å². The number of aromatic nitrogens is 3. The molecular formula is C21H23N5O2. The summed E-state index contributed by atoms with van der Waals surface area (Å²) in [6.07, 6.45) is 5.78. The lowest BCUT2D eigenvalue weighted by Gasteiger charge is -2.20. The van der Waals surface area contributed by atoms with Gasteiger partial charge < -0.3 is 15.1 Å². The predicted molar refractivity (Wildman–Crippen MR) is 105 cm³/mol. The van der Waals surface area contributed by atoms with Gasteiger partial charge >= 0.3 is 0 Å². The standard InChI is InChI=1S/C21H23N5O2/c27-21(19-20(28-12-23-19)14-6-8-22-9-7-14)24-18-11-17(25-26-18)16-3-1-2-15(10-16)13-4-5-13/h1-3,10-14,22H,4-9H2,(H2,24,25,26,27). The Bertz CT molecular complexity index is 982. The zero-order chi connectivity index (χ0) is 18.9. The number of oxazole rings is 1. The van der Waals surface area contributed by atoms with Gasteiger partial charge in [-0.05, 0) is 61.9 Å². The van der Waals surface area contributed by atoms with E-state index in [1.54, 1.807) is 0 Å². The molecule has 0 spiro atoms. The minimum absolute atomic E-state index is 0.226. The first-order valence-electron chi connectivity index (χ1n) is 9.89. The number of hydrogen-bond donors (Lipinski definition) is 3. The van der Waals surface area contributed by atoms with Crippen molar-refractivity contribution in [3.63, 3.8) is 0 Å². The minimum atomic E-state index is -0.285. The first-order chi connectivity index (χ1) is 13.8. The van der Waals surface area contributed by atoms with Gasteiger partial charge in [-0.3, -0.25) is 9.89 Å². The van der Waals surface area contributed by atoms with Gasteiger partial charge in [-0.1, -0.05) is 18.2 Å². The molecule has 7 heteroatoms. The summed E-state index contributed by atoms with van der Waals surface area (Å²) in [6, 6.07) is 10.4. The first-order valence-corrected chi connectivity index (χ1v) is 9.89. The molecule has 5 rings (SSSR count). The Balaban J connectivity index is 1.31. The fourth-order valence-corrected chi connectivity index (χ4v) is 3.89. The Morgan fingerprint density at radius 1 is 1.11 bits per heavy atom. The van der Waals surface area contributed by atoms with Crippen LogP contribution < -0.4 is 10.6 Å². The molecule has 1 aliphatic carbocycles. The Morgan fingerprint density at radius 2 is 1.96 bits per heavy atom. The zero-order valence-corrected chi connectivity index (χ0v) is 15.6. The highest BCUT2D eigenvalue weighted by molar-refractivity contribution is 6.03. The van der Waals surface area contributed by atoms with Crippen LogP contribution in [0, 0.1) is 0 Å². The minimum Gasteiger partial charge on any atom is -0.447 e. The van der Waals surface area contributed by atoms with Gasteiger partial charge in [0.1, 0.15) is 5.76 Å². The predicted octanol–water partition coefficient (Wildman–Crippen LogP) is 3.66. The van der Waals surface area contributed by atoms with Crippen LogP contribution in [0.1, 0.15) is 59.3 Å². The number of H-pyrrole nitrogens is 1. The lowest BCUT2D eigenvalue weighted by atomic mass is 9.94. The van der Waals surface area contributed by atoms with E-state index in [1.165, 1.54) is 24.8 Å². The van der Waals surface area contributed by atoms with Crippen molar-refractivity contribution in [1.82, 2.24) is 20.5 Å². The van der Waals surface area contributed by atoms with E-state index < -0.39 is 0 Å². The number of nitrogens with zero attached hydrogens (tertiary/aromatic N) is 2. The number of nitrogens with one attached hydrogen (secondary N) is 3. The van der Waals surface area contributed by atoms with Crippen LogP contribution in [0.15, 0.2) is 41.1 Å². The Labute approximate surface area is 162 Å². The molecule has 3 N–H and O–H groups in total. The number of anilines is 1. The Hall–Kier alpha value is -2.93. The number of aromatic amines is 1. The molecule has 1 aromatic carbocycles. The summed E-state index contributed by atoms with van der Waals surface area (Å²) in [6.45, 7) is 1.85. The van der Waals surface area contributed by atoms with Gasteiger partial charge in [0, 0.05) is 12.0 Å². The maximum Gasteiger partial charge on any atom is 0.279 e. The van der Waals surface area contributed by atoms with Crippen molar-refractivity contribution in [2.24, 2.45) is 0 Å². The molecule has 0 bridgehead atoms. The number of amides is 1. The molecule has 0 atom stereocenters. The van der Waals surface area contributed by atoms with E-state index >= 15 is 0 Å². The molecule has 3 heterocycles. The van der Waals surface area contributed by atoms with E-state index in [1.807, 2.05) is 6.07 Å². The number of hydrogen-bond acceptors (Lipinski definition) is 5. The Kier molecular flexibility index (Phi) is 4.44. The maximum absolute atomic E-state index is 12.7. The van der Waals surface area contributed by atoms with Crippen molar-refractivity contribution in [3.8, 4) is 11.3 Å². The van der Waals surface area contributed by atoms with Crippen molar-refractivity contribution in [3.05, 3.63) is 53.7 Å². The van der Waals surface area contributed by atoms with Crippen LogP contribution in [0.4, 0.5) is 5.82 Å². The molecule has 2 aliphatic rings. The highest BCUT2D eigenvalue weighted by Gasteiger charge is 2.26. The van der Waals surface area contributed by atoms with Crippen LogP contribution in [0.5, 0.6) is 0 Å². The third-order valence-electron chi connectivity index (χ3n) is 5.59. The van der Waals surface area contributed by atoms with Gasteiger partial charge in [0.2, 0.25) is 0 Å². The average molecular weight is 377 g/mol. The fraction of sp³-hybridized carbons (Fsp3) is 0.381. The summed E-state index contributed by atoms with van der Waals surface area (Å²) in [5, 5.41) is 13.4. The van der Waals surface area contributed by atoms with Crippen molar-refractivity contribution in [2.45, 2.75) is 37.5 Å². The normalized spacial score (nSPS) is 17.6. The molecule has 3 aromatic rings. The fourth-order valence-electron chi connectivity index (χ4n) is 3.89. The van der Waals surface area contributed by atoms with Crippen LogP contribution >= 0.6 is 0 Å². The van der Waals surface area contributed by atoms with Crippen molar-refractivity contribution < 1.29 is 9.21 Å². The second-order valence-electron chi connectivity index (χ2n) is 7.61. The smallest absolute Gasteiger partial charge is 0.279 e. The van der Waals surface area contributed by atoms with E-state index in [4.69, 9.17) is 4.42 Å². The molecule has 2 aromatic heterocycles. The molecule has 1 saturated carbocycles. The first kappa shape index (κ1) is 17.2. The van der Waals surface area contributed by atoms with E-state index in [9.17, 15) is 4.79 Å². The largest absolute Gasteiger partial charge is 0.447 e. The second-order valence-corrected chi connectivity index (χ2v) is 7.61. The second kappa shape index (κ2) is 7.24. The molecule has 28 heavy (non-hydrogen) atoms. The van der Waals surface area contributed by atoms with Gasteiger partial charge in [0.25, 0.3) is 5.91 Å². The summed E-state index contributed by atoms with van der Waals surface area (Å²) < 4.78 is 5.55. The van der Waals surface area contributed by atoms with Crippen molar-refractivity contribution in [2.75, 3.05) is 18.4 Å². The number of benzene rings is 1. The monoisotopic (exact) mass is 377 g/mol. The SMILES string of the molecule is O=C(Nc1cc(-c2cccc(C3CC3)c2)[nH]n1)c1ncoc1C1CCNCC1. The van der Waals surface area contributed by atoms with Crippen LogP contribution in [0.2, 0.25) is 0 Å². The summed E-state index contributed by atoms with van der Waals surface area (Å²) in [5.41, 5.74) is 3.69. The molecule has 2 fully saturated rings. The van der Waals surface area contributed by atoms with Gasteiger partial charge in [-0.15, -0.1) is 0 Å². The lowest BCUT2D eigenvalue weighted by Crippen LogP contribution is -2.27. The van der Waals surface area contributed by atoms with Crippen molar-refractivity contribution >= 4 is 11.7 Å². The highest BCUT2D eigenvalue weighted by Crippen LogP contribution is 2.41. The van der Waals surface area contributed by atoms with Crippen LogP contribution in [-0.2, 0) is 0 Å². The summed E-state index contributed by atoms with van der Waals surface area (Å²) in [4.78, 5) is 16.9. The molecule has 7 nitrogen and oxygen atoms in total. The molecular weight excluding hydrogens is 354 g/mol. The highest BCUT2D eigenvalue weighted by atomic mass is 16.3. The summed E-state index contributed by atoms with van der Waals surface area (Å²) in [5.74, 6) is 1.79. The van der Waals surface area contributed by atoms with E-state index in [-0.39, 0.29) is 11.8 Å². The van der Waals surface area contributed by atoms with E-state index in [0.717, 1.165) is 37.2 Å². The Morgan fingerprint density at radius 3 is 2.79 bits per heavy atom. The topological polar surface area (TPSA) is 95.8 Å². The summed E-state index contributed by atoms with van der Waals surface area (Å²) >= 11 is 0. The van der Waals surface area contributed by atoms with Gasteiger partial charge in [-0.2, -0.15) is 5.10 Å². The zero-order valence-electron chi connectivity index (χ0n) is 15.6. The number of carbonyl (C=O) groups is 1. The van der Waals surface area contributed by atoms with Gasteiger partial charge in [0.15, 0.2) is 17.9 Å². The maximum atomic E-state index is 12.7. The number of carbonyl (C=O) groups excluding carboxylic acids is 1. The molecule has 1 aliphatic heterocycles. The lowest BCUT2D eigenvalue weighted by molar-refractivity contribution is 0.101. The molecule has 0 unspecified atom stereocenters. The van der Waals surface area contributed by atoms with Gasteiger partial charge in [0.05, 0.1) is 5.69 Å². The molecule has 1 amide bonds. The summed E-state index contributed by atoms with van der Waals surface area (Å²) in [7, 11) is 0. The third kappa shape index (κ3) is 3.45. The van der Waals surface area contributed by atoms with Gasteiger partial charge in [-0.25, -0.2) is 4.98 Å². The third-order valence-corrected chi connectivity index (χ3v) is 5.59. The molecule has 1 saturated heterocycles. The van der Waals surface area contributed by atoms with Crippen LogP contribution in [0.3, 0.4) is 0 Å². The quantitative estimate of drug-likeness (QED) is 0.631. The van der Waals surface area contributed by atoms with Crippen LogP contribution in [0.25, 0.3) is 11.3 Å². The number of rotatable bonds is 5.